The van der Waals surface area contributed by atoms with Crippen LogP contribution in [0.1, 0.15) is 19.4 Å². The molecule has 0 radical (unpaired) electrons. The summed E-state index contributed by atoms with van der Waals surface area (Å²) in [6.45, 7) is 12.1. The van der Waals surface area contributed by atoms with Gasteiger partial charge in [-0.3, -0.25) is 0 Å². The molecule has 1 aromatic rings. The number of allylic oxidation sites excluding steroid dienone is 2. The van der Waals surface area contributed by atoms with Crippen molar-refractivity contribution in [3.63, 3.8) is 0 Å². The molecule has 74 valence electrons. The number of benzene rings is 1. The molecule has 0 saturated carbocycles. The average molecular weight is 186 g/mol. The summed E-state index contributed by atoms with van der Waals surface area (Å²) in [5, 5.41) is 0. The molecule has 0 spiro atoms. The van der Waals surface area contributed by atoms with Crippen LogP contribution in [0.5, 0.6) is 0 Å². The zero-order valence-electron chi connectivity index (χ0n) is 9.03. The van der Waals surface area contributed by atoms with Gasteiger partial charge in [-0.1, -0.05) is 56.3 Å². The zero-order chi connectivity index (χ0) is 10.6. The number of hydrogen-bond donors (Lipinski definition) is 0. The predicted octanol–water partition coefficient (Wildman–Crippen LogP) is 3.95. The highest BCUT2D eigenvalue weighted by molar-refractivity contribution is 5.31. The Morgan fingerprint density at radius 2 is 1.79 bits per heavy atom. The van der Waals surface area contributed by atoms with E-state index in [1.807, 2.05) is 18.2 Å². The molecule has 0 saturated heterocycles. The highest BCUT2D eigenvalue weighted by Crippen LogP contribution is 2.33. The Morgan fingerprint density at radius 3 is 2.21 bits per heavy atom. The maximum atomic E-state index is 3.93. The molecule has 14 heavy (non-hydrogen) atoms. The van der Waals surface area contributed by atoms with Gasteiger partial charge in [0.25, 0.3) is 0 Å². The first-order valence-corrected chi connectivity index (χ1v) is 4.97. The van der Waals surface area contributed by atoms with Crippen LogP contribution in [0, 0.1) is 5.92 Å². The van der Waals surface area contributed by atoms with E-state index in [0.717, 1.165) is 0 Å². The van der Waals surface area contributed by atoms with Crippen molar-refractivity contribution in [1.82, 2.24) is 0 Å². The fourth-order valence-electron chi connectivity index (χ4n) is 1.61. The molecule has 0 aliphatic carbocycles. The summed E-state index contributed by atoms with van der Waals surface area (Å²) in [6, 6.07) is 10.4. The molecule has 0 nitrogen and oxygen atoms in total. The molecule has 0 heteroatoms. The van der Waals surface area contributed by atoms with Crippen molar-refractivity contribution in [3.8, 4) is 0 Å². The molecular formula is C14H18. The first kappa shape index (κ1) is 10.8. The molecule has 0 aliphatic rings. The van der Waals surface area contributed by atoms with Gasteiger partial charge in [-0.05, 0) is 11.5 Å². The molecule has 0 N–H and O–H groups in total. The minimum absolute atomic E-state index is 0.0109. The summed E-state index contributed by atoms with van der Waals surface area (Å²) in [4.78, 5) is 0. The smallest absolute Gasteiger partial charge is 0.0161 e. The largest absolute Gasteiger partial charge is 0.103 e. The predicted molar refractivity (Wildman–Crippen MR) is 63.4 cm³/mol. The fourth-order valence-corrected chi connectivity index (χ4v) is 1.61. The summed E-state index contributed by atoms with van der Waals surface area (Å²) in [7, 11) is 0. The lowest BCUT2D eigenvalue weighted by atomic mass is 9.73. The Balaban J connectivity index is 3.14. The van der Waals surface area contributed by atoms with Gasteiger partial charge in [-0.2, -0.15) is 0 Å². The van der Waals surface area contributed by atoms with Crippen LogP contribution < -0.4 is 0 Å². The van der Waals surface area contributed by atoms with Crippen LogP contribution in [-0.4, -0.2) is 0 Å². The fraction of sp³-hybridized carbons (Fsp3) is 0.286. The lowest BCUT2D eigenvalue weighted by Crippen LogP contribution is -2.26. The maximum Gasteiger partial charge on any atom is 0.0161 e. The van der Waals surface area contributed by atoms with Gasteiger partial charge in [0, 0.05) is 5.41 Å². The van der Waals surface area contributed by atoms with Crippen molar-refractivity contribution in [2.24, 2.45) is 5.92 Å². The Kier molecular flexibility index (Phi) is 3.29. The second-order valence-corrected chi connectivity index (χ2v) is 3.88. The number of hydrogen-bond acceptors (Lipinski definition) is 0. The van der Waals surface area contributed by atoms with Crippen molar-refractivity contribution in [1.29, 1.82) is 0 Å². The van der Waals surface area contributed by atoms with E-state index in [4.69, 9.17) is 0 Å². The third kappa shape index (κ3) is 1.79. The molecule has 0 bridgehead atoms. The minimum Gasteiger partial charge on any atom is -0.103 e. The standard InChI is InChI=1S/C14H18/c1-5-12(3)14(4,6-2)13-10-8-7-9-11-13/h5-12H,1-2H2,3-4H3. The maximum absolute atomic E-state index is 3.93. The third-order valence-electron chi connectivity index (χ3n) is 3.12. The zero-order valence-corrected chi connectivity index (χ0v) is 9.03. The summed E-state index contributed by atoms with van der Waals surface area (Å²) in [5.74, 6) is 0.391. The third-order valence-corrected chi connectivity index (χ3v) is 3.12. The van der Waals surface area contributed by atoms with Crippen molar-refractivity contribution in [2.45, 2.75) is 19.3 Å². The van der Waals surface area contributed by atoms with E-state index in [-0.39, 0.29) is 5.41 Å². The summed E-state index contributed by atoms with van der Waals surface area (Å²) in [5.41, 5.74) is 1.28. The van der Waals surface area contributed by atoms with E-state index >= 15 is 0 Å². The highest BCUT2D eigenvalue weighted by atomic mass is 14.3. The van der Waals surface area contributed by atoms with Gasteiger partial charge in [0.2, 0.25) is 0 Å². The quantitative estimate of drug-likeness (QED) is 0.624. The molecule has 2 atom stereocenters. The van der Waals surface area contributed by atoms with Gasteiger partial charge in [0.05, 0.1) is 0 Å². The Bertz CT molecular complexity index is 310. The van der Waals surface area contributed by atoms with Gasteiger partial charge in [-0.25, -0.2) is 0 Å². The molecule has 2 unspecified atom stereocenters. The monoisotopic (exact) mass is 186 g/mol. The van der Waals surface area contributed by atoms with Gasteiger partial charge in [0.1, 0.15) is 0 Å². The first-order valence-electron chi connectivity index (χ1n) is 4.97. The summed E-state index contributed by atoms with van der Waals surface area (Å²) < 4.78 is 0. The molecule has 0 aliphatic heterocycles. The summed E-state index contributed by atoms with van der Waals surface area (Å²) in [6.07, 6.45) is 3.99. The SMILES string of the molecule is C=CC(C)C(C)(C=C)c1ccccc1. The Morgan fingerprint density at radius 1 is 1.21 bits per heavy atom. The topological polar surface area (TPSA) is 0 Å². The van der Waals surface area contributed by atoms with E-state index in [0.29, 0.717) is 5.92 Å². The minimum atomic E-state index is -0.0109. The highest BCUT2D eigenvalue weighted by Gasteiger charge is 2.27. The Labute approximate surface area is 87.0 Å². The van der Waals surface area contributed by atoms with Crippen LogP contribution in [0.2, 0.25) is 0 Å². The van der Waals surface area contributed by atoms with Crippen LogP contribution in [0.25, 0.3) is 0 Å². The van der Waals surface area contributed by atoms with Gasteiger partial charge in [-0.15, -0.1) is 13.2 Å². The van der Waals surface area contributed by atoms with E-state index in [9.17, 15) is 0 Å². The van der Waals surface area contributed by atoms with Crippen LogP contribution in [0.3, 0.4) is 0 Å². The second kappa shape index (κ2) is 4.28. The summed E-state index contributed by atoms with van der Waals surface area (Å²) >= 11 is 0. The van der Waals surface area contributed by atoms with Gasteiger partial charge < -0.3 is 0 Å². The molecule has 1 rings (SSSR count). The average Bonchev–Trinajstić information content (AvgIpc) is 2.28. The van der Waals surface area contributed by atoms with Crippen LogP contribution in [0.15, 0.2) is 55.6 Å². The molecule has 0 heterocycles. The van der Waals surface area contributed by atoms with E-state index < -0.39 is 0 Å². The molecule has 0 aromatic heterocycles. The van der Waals surface area contributed by atoms with Crippen molar-refractivity contribution >= 4 is 0 Å². The van der Waals surface area contributed by atoms with Gasteiger partial charge in [0.15, 0.2) is 0 Å². The van der Waals surface area contributed by atoms with Crippen molar-refractivity contribution in [3.05, 3.63) is 61.2 Å². The molecule has 1 aromatic carbocycles. The van der Waals surface area contributed by atoms with Crippen LogP contribution in [-0.2, 0) is 5.41 Å². The number of rotatable bonds is 4. The first-order chi connectivity index (χ1) is 6.65. The molecule has 0 fully saturated rings. The Hall–Kier alpha value is -1.30. The van der Waals surface area contributed by atoms with E-state index in [2.05, 4.69) is 51.3 Å². The van der Waals surface area contributed by atoms with Gasteiger partial charge >= 0.3 is 0 Å². The lowest BCUT2D eigenvalue weighted by molar-refractivity contribution is 0.464. The second-order valence-electron chi connectivity index (χ2n) is 3.88. The van der Waals surface area contributed by atoms with Crippen LogP contribution >= 0.6 is 0 Å². The molecule has 0 amide bonds. The van der Waals surface area contributed by atoms with Crippen molar-refractivity contribution < 1.29 is 0 Å². The van der Waals surface area contributed by atoms with E-state index in [1.54, 1.807) is 0 Å². The lowest BCUT2D eigenvalue weighted by Gasteiger charge is -2.31. The normalized spacial score (nSPS) is 16.7. The van der Waals surface area contributed by atoms with Crippen molar-refractivity contribution in [2.75, 3.05) is 0 Å². The van der Waals surface area contributed by atoms with E-state index in [1.165, 1.54) is 5.56 Å². The molecular weight excluding hydrogens is 168 g/mol. The van der Waals surface area contributed by atoms with Crippen LogP contribution in [0.4, 0.5) is 0 Å².